The molecule has 3 aliphatic rings. The van der Waals surface area contributed by atoms with Gasteiger partial charge in [0, 0.05) is 42.0 Å². The summed E-state index contributed by atoms with van der Waals surface area (Å²) < 4.78 is 6.90. The Morgan fingerprint density at radius 2 is 1.51 bits per heavy atom. The zero-order valence-corrected chi connectivity index (χ0v) is 23.8. The third-order valence-corrected chi connectivity index (χ3v) is 8.07. The summed E-state index contributed by atoms with van der Waals surface area (Å²) >= 11 is 0. The second-order valence-electron chi connectivity index (χ2n) is 10.6. The van der Waals surface area contributed by atoms with E-state index in [9.17, 15) is 14.4 Å². The van der Waals surface area contributed by atoms with Crippen LogP contribution in [-0.4, -0.2) is 54.3 Å². The monoisotopic (exact) mass is 590 g/mol. The number of halogens is 1. The molecule has 1 N–H and O–H groups in total. The average molecular weight is 592 g/mol. The maximum absolute atomic E-state index is 13.7. The van der Waals surface area contributed by atoms with Crippen molar-refractivity contribution in [2.24, 2.45) is 5.92 Å². The van der Waals surface area contributed by atoms with E-state index in [2.05, 4.69) is 5.32 Å². The Kier molecular flexibility index (Phi) is 9.36. The normalized spacial score (nSPS) is 22.3. The Labute approximate surface area is 240 Å². The number of carbonyl (C=O) groups excluding carboxylic acids is 3. The van der Waals surface area contributed by atoms with Gasteiger partial charge in [0.2, 0.25) is 5.78 Å². The van der Waals surface area contributed by atoms with Crippen LogP contribution in [-0.2, 0) is 9.53 Å². The lowest BCUT2D eigenvalue weighted by molar-refractivity contribution is -0.938. The van der Waals surface area contributed by atoms with E-state index in [0.29, 0.717) is 41.2 Å². The van der Waals surface area contributed by atoms with Gasteiger partial charge in [0.05, 0.1) is 13.1 Å². The number of carbonyl (C=O) groups is 3. The van der Waals surface area contributed by atoms with Crippen LogP contribution < -0.4 is 22.3 Å². The zero-order valence-electron chi connectivity index (χ0n) is 22.2. The SMILES string of the molecule is CCC(=O)c1cccc(NC(C(=O)O[C@H]2C[N+]3(CC(=O)c4ccccc4)CCC2CC3)c2ccccc2)c1.[Br-]. The predicted octanol–water partition coefficient (Wildman–Crippen LogP) is 2.47. The highest BCUT2D eigenvalue weighted by Crippen LogP contribution is 2.37. The first-order chi connectivity index (χ1) is 18.5. The second-order valence-corrected chi connectivity index (χ2v) is 10.6. The number of ketones is 2. The Morgan fingerprint density at radius 1 is 0.872 bits per heavy atom. The van der Waals surface area contributed by atoms with Crippen molar-refractivity contribution in [1.82, 2.24) is 0 Å². The van der Waals surface area contributed by atoms with E-state index < -0.39 is 6.04 Å². The number of rotatable bonds is 10. The molecule has 0 aliphatic carbocycles. The number of nitrogens with one attached hydrogen (secondary N) is 1. The van der Waals surface area contributed by atoms with Crippen LogP contribution in [0.2, 0.25) is 0 Å². The highest BCUT2D eigenvalue weighted by Gasteiger charge is 2.49. The number of hydrogen-bond acceptors (Lipinski definition) is 5. The minimum atomic E-state index is -0.710. The van der Waals surface area contributed by atoms with Gasteiger partial charge in [0.25, 0.3) is 0 Å². The Balaban J connectivity index is 0.00000353. The molecule has 0 radical (unpaired) electrons. The minimum Gasteiger partial charge on any atom is -1.00 e. The lowest BCUT2D eigenvalue weighted by Gasteiger charge is -2.51. The molecule has 204 valence electrons. The van der Waals surface area contributed by atoms with E-state index in [1.807, 2.05) is 79.7 Å². The van der Waals surface area contributed by atoms with Crippen LogP contribution in [0.4, 0.5) is 5.69 Å². The molecule has 6 nitrogen and oxygen atoms in total. The predicted molar refractivity (Wildman–Crippen MR) is 147 cm³/mol. The largest absolute Gasteiger partial charge is 1.00 e. The molecule has 7 heteroatoms. The Bertz CT molecular complexity index is 1290. The molecule has 0 spiro atoms. The molecule has 3 aromatic carbocycles. The van der Waals surface area contributed by atoms with Crippen molar-refractivity contribution >= 4 is 23.2 Å². The summed E-state index contributed by atoms with van der Waals surface area (Å²) in [5.74, 6) is 0.169. The van der Waals surface area contributed by atoms with Gasteiger partial charge in [-0.15, -0.1) is 0 Å². The number of anilines is 1. The third kappa shape index (κ3) is 6.65. The van der Waals surface area contributed by atoms with Crippen LogP contribution in [0.25, 0.3) is 0 Å². The number of ether oxygens (including phenoxy) is 1. The van der Waals surface area contributed by atoms with Crippen LogP contribution in [0.15, 0.2) is 84.9 Å². The summed E-state index contributed by atoms with van der Waals surface area (Å²) in [5, 5.41) is 3.33. The van der Waals surface area contributed by atoms with Crippen molar-refractivity contribution in [3.63, 3.8) is 0 Å². The lowest BCUT2D eigenvalue weighted by atomic mass is 9.82. The van der Waals surface area contributed by atoms with Crippen LogP contribution in [0.5, 0.6) is 0 Å². The highest BCUT2D eigenvalue weighted by molar-refractivity contribution is 5.97. The number of benzene rings is 3. The van der Waals surface area contributed by atoms with E-state index >= 15 is 0 Å². The van der Waals surface area contributed by atoms with E-state index in [-0.39, 0.29) is 40.6 Å². The average Bonchev–Trinajstić information content (AvgIpc) is 2.97. The van der Waals surface area contributed by atoms with E-state index in [4.69, 9.17) is 4.74 Å². The molecule has 2 atom stereocenters. The molecule has 2 bridgehead atoms. The topological polar surface area (TPSA) is 72.5 Å². The molecule has 0 saturated carbocycles. The second kappa shape index (κ2) is 12.7. The van der Waals surface area contributed by atoms with Gasteiger partial charge in [-0.05, 0) is 17.7 Å². The number of esters is 1. The minimum absolute atomic E-state index is 0. The molecule has 3 heterocycles. The third-order valence-electron chi connectivity index (χ3n) is 8.07. The molecule has 3 saturated heterocycles. The summed E-state index contributed by atoms with van der Waals surface area (Å²) in [7, 11) is 0. The van der Waals surface area contributed by atoms with Gasteiger partial charge in [-0.2, -0.15) is 0 Å². The number of fused-ring (bicyclic) bond motifs is 3. The zero-order chi connectivity index (χ0) is 26.5. The van der Waals surface area contributed by atoms with Gasteiger partial charge in [0.1, 0.15) is 13.1 Å². The highest BCUT2D eigenvalue weighted by atomic mass is 79.9. The summed E-state index contributed by atoms with van der Waals surface area (Å²) in [5.41, 5.74) is 2.85. The van der Waals surface area contributed by atoms with Crippen molar-refractivity contribution in [2.45, 2.75) is 38.3 Å². The van der Waals surface area contributed by atoms with Gasteiger partial charge in [-0.1, -0.05) is 79.7 Å². The van der Waals surface area contributed by atoms with Crippen molar-refractivity contribution in [3.05, 3.63) is 102 Å². The molecule has 3 aromatic rings. The maximum Gasteiger partial charge on any atom is 0.333 e. The van der Waals surface area contributed by atoms with Gasteiger partial charge >= 0.3 is 5.97 Å². The van der Waals surface area contributed by atoms with Crippen molar-refractivity contribution < 1.29 is 40.6 Å². The molecule has 0 amide bonds. The first-order valence-corrected chi connectivity index (χ1v) is 13.5. The fraction of sp³-hybridized carbons (Fsp3) is 0.344. The summed E-state index contributed by atoms with van der Waals surface area (Å²) in [6.07, 6.45) is 2.09. The van der Waals surface area contributed by atoms with Crippen LogP contribution in [0.3, 0.4) is 0 Å². The molecule has 6 rings (SSSR count). The smallest absolute Gasteiger partial charge is 0.333 e. The maximum atomic E-state index is 13.7. The number of nitrogens with zero attached hydrogens (tertiary/aromatic N) is 1. The summed E-state index contributed by atoms with van der Waals surface area (Å²) in [6, 6.07) is 25.5. The van der Waals surface area contributed by atoms with Crippen molar-refractivity contribution in [3.8, 4) is 0 Å². The molecule has 3 aliphatic heterocycles. The standard InChI is InChI=1S/C32H35N2O4.BrH/c1-2-28(35)26-14-9-15-27(20-26)33-31(25-12-7-4-8-13-25)32(37)38-30-22-34(18-16-24(30)17-19-34)21-29(36)23-10-5-3-6-11-23;/h3-15,20,24,30-31,33H,2,16-19,21-22H2,1H3;1H/q+1;/p-1/t24?,30-,31?,34?;/m0./s1. The summed E-state index contributed by atoms with van der Waals surface area (Å²) in [4.78, 5) is 39.0. The van der Waals surface area contributed by atoms with Gasteiger partial charge in [-0.25, -0.2) is 4.79 Å². The quantitative estimate of drug-likeness (QED) is 0.223. The summed E-state index contributed by atoms with van der Waals surface area (Å²) in [6.45, 7) is 4.81. The number of piperidine rings is 3. The molecular weight excluding hydrogens is 556 g/mol. The van der Waals surface area contributed by atoms with Gasteiger partial charge in [-0.3, -0.25) is 9.59 Å². The number of quaternary nitrogens is 1. The van der Waals surface area contributed by atoms with E-state index in [1.54, 1.807) is 12.1 Å². The first kappa shape index (κ1) is 28.7. The molecule has 0 aromatic heterocycles. The lowest BCUT2D eigenvalue weighted by Crippen LogP contribution is -3.00. The Hall–Kier alpha value is -3.29. The van der Waals surface area contributed by atoms with Crippen LogP contribution >= 0.6 is 0 Å². The fourth-order valence-corrected chi connectivity index (χ4v) is 5.89. The number of Topliss-reactive ketones (excluding diaryl/α,β-unsaturated/α-hetero) is 2. The fourth-order valence-electron chi connectivity index (χ4n) is 5.89. The Morgan fingerprint density at radius 3 is 2.18 bits per heavy atom. The van der Waals surface area contributed by atoms with Crippen molar-refractivity contribution in [2.75, 3.05) is 31.5 Å². The molecule has 1 unspecified atom stereocenters. The van der Waals surface area contributed by atoms with Crippen LogP contribution in [0.1, 0.15) is 58.5 Å². The molecular formula is C32H35BrN2O4. The van der Waals surface area contributed by atoms with Crippen molar-refractivity contribution in [1.29, 1.82) is 0 Å². The van der Waals surface area contributed by atoms with E-state index in [0.717, 1.165) is 37.1 Å². The molecule has 39 heavy (non-hydrogen) atoms. The molecule has 3 fully saturated rings. The number of hydrogen-bond donors (Lipinski definition) is 1. The first-order valence-electron chi connectivity index (χ1n) is 13.5. The van der Waals surface area contributed by atoms with E-state index in [1.165, 1.54) is 0 Å². The van der Waals surface area contributed by atoms with Gasteiger partial charge in [0.15, 0.2) is 17.9 Å². The van der Waals surface area contributed by atoms with Crippen LogP contribution in [0, 0.1) is 5.92 Å². The van der Waals surface area contributed by atoms with Gasteiger partial charge < -0.3 is 31.5 Å².